The second-order valence-corrected chi connectivity index (χ2v) is 13.1. The monoisotopic (exact) mass is 538 g/mol. The van der Waals surface area contributed by atoms with Crippen LogP contribution in [-0.2, 0) is 13.9 Å². The first-order valence-electron chi connectivity index (χ1n) is 13.3. The molecule has 212 valence electrons. The van der Waals surface area contributed by atoms with Crippen LogP contribution in [0, 0.1) is 34.0 Å². The number of hydrogen-bond acceptors (Lipinski definition) is 9. The summed E-state index contributed by atoms with van der Waals surface area (Å²) >= 11 is 0. The van der Waals surface area contributed by atoms with Gasteiger partial charge in [-0.2, -0.15) is 31.0 Å². The third-order valence-electron chi connectivity index (χ3n) is 6.21. The van der Waals surface area contributed by atoms with Gasteiger partial charge in [0.2, 0.25) is 0 Å². The van der Waals surface area contributed by atoms with E-state index in [9.17, 15) is 15.8 Å². The van der Waals surface area contributed by atoms with Gasteiger partial charge in [-0.15, -0.1) is 0 Å². The molecule has 0 radical (unpaired) electrons. The Morgan fingerprint density at radius 1 is 0.541 bits per heavy atom. The molecule has 0 fully saturated rings. The highest BCUT2D eigenvalue weighted by atomic mass is 31.2. The van der Waals surface area contributed by atoms with E-state index < -0.39 is 25.2 Å². The third-order valence-corrected chi connectivity index (χ3v) is 7.13. The Morgan fingerprint density at radius 2 is 0.757 bits per heavy atom. The van der Waals surface area contributed by atoms with Gasteiger partial charge in [0.1, 0.15) is 0 Å². The lowest BCUT2D eigenvalue weighted by atomic mass is 9.97. The predicted octanol–water partition coefficient (Wildman–Crippen LogP) is 7.39. The van der Waals surface area contributed by atoms with Crippen molar-refractivity contribution in [2.45, 2.75) is 156 Å². The molecule has 0 spiro atoms. The van der Waals surface area contributed by atoms with Crippen LogP contribution in [0.2, 0.25) is 0 Å². The van der Waals surface area contributed by atoms with Crippen LogP contribution in [0.15, 0.2) is 0 Å². The number of hydroxylamine groups is 6. The van der Waals surface area contributed by atoms with E-state index in [-0.39, 0.29) is 18.1 Å². The molecule has 10 heteroatoms. The highest BCUT2D eigenvalue weighted by Gasteiger charge is 2.41. The molecule has 0 N–H and O–H groups in total. The Bertz CT molecular complexity index is 691. The van der Waals surface area contributed by atoms with Crippen LogP contribution in [0.3, 0.4) is 0 Å². The summed E-state index contributed by atoms with van der Waals surface area (Å²) < 4.78 is 19.7. The van der Waals surface area contributed by atoms with Crippen molar-refractivity contribution < 1.29 is 13.9 Å². The van der Waals surface area contributed by atoms with E-state index in [0.717, 1.165) is 0 Å². The largest absolute Gasteiger partial charge is 0.387 e. The fourth-order valence-electron chi connectivity index (χ4n) is 4.39. The molecule has 37 heavy (non-hydrogen) atoms. The molecule has 0 saturated heterocycles. The molecule has 9 nitrogen and oxygen atoms in total. The predicted molar refractivity (Wildman–Crippen MR) is 148 cm³/mol. The molecular weight excluding hydrogens is 487 g/mol. The van der Waals surface area contributed by atoms with Crippen LogP contribution in [0.1, 0.15) is 122 Å². The Hall–Kier alpha value is -1.34. The molecule has 0 saturated carbocycles. The second kappa shape index (κ2) is 15.9. The fraction of sp³-hybridized carbons (Fsp3) is 0.889. The molecule has 0 aromatic rings. The van der Waals surface area contributed by atoms with Crippen molar-refractivity contribution in [3.8, 4) is 18.2 Å². The maximum absolute atomic E-state index is 9.20. The summed E-state index contributed by atoms with van der Waals surface area (Å²) in [5.74, 6) is 0. The quantitative estimate of drug-likeness (QED) is 0.130. The van der Waals surface area contributed by atoms with Crippen LogP contribution < -0.4 is 0 Å². The van der Waals surface area contributed by atoms with Crippen molar-refractivity contribution in [3.63, 3.8) is 0 Å². The van der Waals surface area contributed by atoms with Crippen LogP contribution in [0.4, 0.5) is 0 Å². The maximum Gasteiger partial charge on any atom is 0.387 e. The molecule has 0 aromatic heterocycles. The SMILES string of the molecule is CC(C)N(OP(ON(C(C)C)C(C)(C)CCC#N)ON(C(C)C)C(C)(C)CCC#N)C(C)(C)CCC#N. The van der Waals surface area contributed by atoms with Crippen molar-refractivity contribution in [1.82, 2.24) is 15.2 Å². The lowest BCUT2D eigenvalue weighted by molar-refractivity contribution is -0.246. The van der Waals surface area contributed by atoms with E-state index in [1.165, 1.54) is 0 Å². The summed E-state index contributed by atoms with van der Waals surface area (Å²) in [4.78, 5) is 0. The molecule has 0 aromatic carbocycles. The highest BCUT2D eigenvalue weighted by molar-refractivity contribution is 7.41. The molecule has 0 amide bonds. The average Bonchev–Trinajstić information content (AvgIpc) is 2.78. The van der Waals surface area contributed by atoms with E-state index >= 15 is 0 Å². The minimum absolute atomic E-state index is 0.0101. The third kappa shape index (κ3) is 11.9. The molecule has 0 rings (SSSR count). The molecule has 0 atom stereocenters. The van der Waals surface area contributed by atoms with Crippen molar-refractivity contribution >= 4 is 8.60 Å². The summed E-state index contributed by atoms with van der Waals surface area (Å²) in [5, 5.41) is 33.2. The summed E-state index contributed by atoms with van der Waals surface area (Å²) in [6.07, 6.45) is 3.06. The average molecular weight is 539 g/mol. The van der Waals surface area contributed by atoms with Crippen LogP contribution >= 0.6 is 8.60 Å². The van der Waals surface area contributed by atoms with Crippen LogP contribution in [-0.4, -0.2) is 49.9 Å². The molecule has 0 unspecified atom stereocenters. The van der Waals surface area contributed by atoms with Gasteiger partial charge in [-0.1, -0.05) is 0 Å². The van der Waals surface area contributed by atoms with Gasteiger partial charge in [0.15, 0.2) is 0 Å². The molecule has 0 bridgehead atoms. The van der Waals surface area contributed by atoms with Gasteiger partial charge in [-0.25, -0.2) is 13.9 Å². The highest BCUT2D eigenvalue weighted by Crippen LogP contribution is 2.49. The Balaban J connectivity index is 6.44. The first-order valence-corrected chi connectivity index (χ1v) is 14.4. The van der Waals surface area contributed by atoms with Crippen LogP contribution in [0.5, 0.6) is 0 Å². The summed E-state index contributed by atoms with van der Waals surface area (Å²) in [6.45, 7) is 24.5. The van der Waals surface area contributed by atoms with Gasteiger partial charge < -0.3 is 0 Å². The van der Waals surface area contributed by atoms with Crippen molar-refractivity contribution in [3.05, 3.63) is 0 Å². The summed E-state index contributed by atoms with van der Waals surface area (Å²) in [6, 6.07) is 6.68. The van der Waals surface area contributed by atoms with Gasteiger partial charge >= 0.3 is 8.60 Å². The lowest BCUT2D eigenvalue weighted by Gasteiger charge is -2.46. The topological polar surface area (TPSA) is 109 Å². The second-order valence-electron chi connectivity index (χ2n) is 12.1. The molecule has 0 aliphatic rings. The smallest absolute Gasteiger partial charge is 0.218 e. The normalized spacial score (nSPS) is 13.3. The van der Waals surface area contributed by atoms with Gasteiger partial charge in [0.25, 0.3) is 0 Å². The van der Waals surface area contributed by atoms with E-state index in [0.29, 0.717) is 38.5 Å². The first kappa shape index (κ1) is 35.7. The van der Waals surface area contributed by atoms with Gasteiger partial charge in [-0.3, -0.25) is 0 Å². The number of nitrogens with zero attached hydrogens (tertiary/aromatic N) is 6. The Kier molecular flexibility index (Phi) is 15.3. The summed E-state index contributed by atoms with van der Waals surface area (Å²) in [5.41, 5.74) is -1.35. The van der Waals surface area contributed by atoms with Gasteiger partial charge in [0, 0.05) is 54.0 Å². The molecule has 0 heterocycles. The van der Waals surface area contributed by atoms with E-state index in [4.69, 9.17) is 13.9 Å². The maximum atomic E-state index is 9.20. The zero-order valence-electron chi connectivity index (χ0n) is 25.3. The minimum Gasteiger partial charge on any atom is -0.218 e. The zero-order valence-corrected chi connectivity index (χ0v) is 26.2. The molecular formula is C27H51N6O3P. The Morgan fingerprint density at radius 3 is 0.919 bits per heavy atom. The Labute approximate surface area is 228 Å². The number of rotatable bonds is 18. The van der Waals surface area contributed by atoms with Gasteiger partial charge in [-0.05, 0) is 102 Å². The lowest BCUT2D eigenvalue weighted by Crippen LogP contribution is -2.51. The standard InChI is InChI=1S/C27H51N6O3P/c1-22(2)31(25(7,8)16-13-19-28)34-37(35-32(23(3)4)26(9,10)17-14-20-29)36-33(24(5)6)27(11,12)18-15-21-30/h22-24H,13-18H2,1-12H3. The van der Waals surface area contributed by atoms with Crippen molar-refractivity contribution in [1.29, 1.82) is 15.8 Å². The van der Waals surface area contributed by atoms with E-state index in [1.807, 2.05) is 98.3 Å². The fourth-order valence-corrected chi connectivity index (χ4v) is 6.14. The van der Waals surface area contributed by atoms with E-state index in [1.54, 1.807) is 0 Å². The molecule has 0 aliphatic heterocycles. The number of nitriles is 3. The van der Waals surface area contributed by atoms with Crippen LogP contribution in [0.25, 0.3) is 0 Å². The van der Waals surface area contributed by atoms with Crippen molar-refractivity contribution in [2.75, 3.05) is 0 Å². The minimum atomic E-state index is -1.98. The van der Waals surface area contributed by atoms with Gasteiger partial charge in [0.05, 0.1) is 18.2 Å². The summed E-state index contributed by atoms with van der Waals surface area (Å²) in [7, 11) is -1.98. The number of hydrogen-bond donors (Lipinski definition) is 0. The molecule has 0 aliphatic carbocycles. The first-order chi connectivity index (χ1) is 17.0. The van der Waals surface area contributed by atoms with Crippen molar-refractivity contribution in [2.24, 2.45) is 0 Å². The van der Waals surface area contributed by atoms with E-state index in [2.05, 4.69) is 18.2 Å². The zero-order chi connectivity index (χ0) is 29.0.